The zero-order valence-electron chi connectivity index (χ0n) is 11.2. The van der Waals surface area contributed by atoms with E-state index >= 15 is 0 Å². The molecule has 2 N–H and O–H groups in total. The lowest BCUT2D eigenvalue weighted by Gasteiger charge is -2.04. The van der Waals surface area contributed by atoms with Gasteiger partial charge in [0.2, 0.25) is 5.91 Å². The summed E-state index contributed by atoms with van der Waals surface area (Å²) in [7, 11) is 1.60. The second-order valence-electron chi connectivity index (χ2n) is 3.98. The largest absolute Gasteiger partial charge is 0.497 e. The van der Waals surface area contributed by atoms with Gasteiger partial charge in [-0.25, -0.2) is 4.79 Å². The van der Waals surface area contributed by atoms with Crippen LogP contribution >= 0.6 is 23.1 Å². The van der Waals surface area contributed by atoms with Crippen LogP contribution in [0.5, 0.6) is 5.75 Å². The van der Waals surface area contributed by atoms with Gasteiger partial charge in [-0.3, -0.25) is 4.79 Å². The van der Waals surface area contributed by atoms with Gasteiger partial charge < -0.3 is 15.2 Å². The van der Waals surface area contributed by atoms with E-state index < -0.39 is 5.97 Å². The van der Waals surface area contributed by atoms with E-state index in [1.165, 1.54) is 17.8 Å². The number of thioether (sulfide) groups is 1. The number of ether oxygens (including phenoxy) is 1. The minimum absolute atomic E-state index is 0.172. The minimum Gasteiger partial charge on any atom is -0.497 e. The smallest absolute Gasteiger partial charge is 0.345 e. The van der Waals surface area contributed by atoms with E-state index in [1.54, 1.807) is 13.2 Å². The van der Waals surface area contributed by atoms with Crippen LogP contribution in [-0.4, -0.2) is 29.8 Å². The zero-order valence-corrected chi connectivity index (χ0v) is 12.8. The van der Waals surface area contributed by atoms with E-state index in [2.05, 4.69) is 5.32 Å². The van der Waals surface area contributed by atoms with Crippen LogP contribution in [0.2, 0.25) is 0 Å². The molecular formula is C14H13NO4S2. The summed E-state index contributed by atoms with van der Waals surface area (Å²) >= 11 is 2.44. The van der Waals surface area contributed by atoms with Crippen LogP contribution in [0.25, 0.3) is 0 Å². The van der Waals surface area contributed by atoms with Gasteiger partial charge >= 0.3 is 5.97 Å². The van der Waals surface area contributed by atoms with Crippen LogP contribution < -0.4 is 10.1 Å². The maximum absolute atomic E-state index is 11.8. The summed E-state index contributed by atoms with van der Waals surface area (Å²) in [5.41, 5.74) is 0. The first-order chi connectivity index (χ1) is 10.1. The number of hydrogen-bond donors (Lipinski definition) is 2. The van der Waals surface area contributed by atoms with Crippen LogP contribution in [0.4, 0.5) is 5.00 Å². The Morgan fingerprint density at radius 3 is 2.52 bits per heavy atom. The van der Waals surface area contributed by atoms with Crippen molar-refractivity contribution < 1.29 is 19.4 Å². The van der Waals surface area contributed by atoms with E-state index in [-0.39, 0.29) is 16.5 Å². The molecule has 0 spiro atoms. The molecule has 0 aliphatic carbocycles. The van der Waals surface area contributed by atoms with E-state index in [9.17, 15) is 9.59 Å². The third-order valence-electron chi connectivity index (χ3n) is 2.51. The molecule has 0 bridgehead atoms. The van der Waals surface area contributed by atoms with Gasteiger partial charge in [0.25, 0.3) is 0 Å². The summed E-state index contributed by atoms with van der Waals surface area (Å²) < 4.78 is 5.06. The van der Waals surface area contributed by atoms with E-state index in [0.717, 1.165) is 22.0 Å². The van der Waals surface area contributed by atoms with Crippen molar-refractivity contribution in [1.82, 2.24) is 0 Å². The maximum atomic E-state index is 11.8. The van der Waals surface area contributed by atoms with Crippen molar-refractivity contribution >= 4 is 40.0 Å². The number of rotatable bonds is 6. The monoisotopic (exact) mass is 323 g/mol. The minimum atomic E-state index is -0.992. The molecule has 0 saturated heterocycles. The predicted molar refractivity (Wildman–Crippen MR) is 83.6 cm³/mol. The highest BCUT2D eigenvalue weighted by atomic mass is 32.2. The number of carboxylic acid groups (broad SMARTS) is 1. The van der Waals surface area contributed by atoms with Crippen molar-refractivity contribution in [3.05, 3.63) is 41.3 Å². The number of carboxylic acids is 1. The number of methoxy groups -OCH3 is 1. The lowest BCUT2D eigenvalue weighted by molar-refractivity contribution is -0.113. The fourth-order valence-corrected chi connectivity index (χ4v) is 2.97. The highest BCUT2D eigenvalue weighted by molar-refractivity contribution is 8.00. The van der Waals surface area contributed by atoms with Crippen molar-refractivity contribution in [2.75, 3.05) is 18.2 Å². The van der Waals surface area contributed by atoms with Crippen LogP contribution in [0.1, 0.15) is 9.67 Å². The molecule has 2 aromatic rings. The van der Waals surface area contributed by atoms with Gasteiger partial charge in [-0.2, -0.15) is 0 Å². The second-order valence-corrected chi connectivity index (χ2v) is 6.11. The molecular weight excluding hydrogens is 310 g/mol. The maximum Gasteiger partial charge on any atom is 0.345 e. The number of amides is 1. The quantitative estimate of drug-likeness (QED) is 0.799. The van der Waals surface area contributed by atoms with Crippen LogP contribution in [0.15, 0.2) is 41.3 Å². The molecule has 5 nitrogen and oxygen atoms in total. The van der Waals surface area contributed by atoms with Gasteiger partial charge in [-0.05, 0) is 36.4 Å². The molecule has 0 aliphatic heterocycles. The Morgan fingerprint density at radius 1 is 1.24 bits per heavy atom. The Balaban J connectivity index is 1.84. The summed E-state index contributed by atoms with van der Waals surface area (Å²) in [4.78, 5) is 23.7. The molecule has 1 amide bonds. The Bertz CT molecular complexity index is 637. The average Bonchev–Trinajstić information content (AvgIpc) is 2.94. The Labute approximate surface area is 129 Å². The highest BCUT2D eigenvalue weighted by Crippen LogP contribution is 2.24. The first-order valence-corrected chi connectivity index (χ1v) is 7.78. The molecule has 0 unspecified atom stereocenters. The van der Waals surface area contributed by atoms with E-state index in [0.29, 0.717) is 5.00 Å². The summed E-state index contributed by atoms with van der Waals surface area (Å²) in [6.45, 7) is 0. The summed E-state index contributed by atoms with van der Waals surface area (Å²) in [5.74, 6) is -0.140. The summed E-state index contributed by atoms with van der Waals surface area (Å²) in [5, 5.41) is 12.0. The SMILES string of the molecule is COc1ccc(SCC(=O)Nc2ccc(C(=O)O)s2)cc1. The number of carbonyl (C=O) groups is 2. The van der Waals surface area contributed by atoms with Crippen molar-refractivity contribution in [2.45, 2.75) is 4.90 Å². The van der Waals surface area contributed by atoms with Gasteiger partial charge in [-0.1, -0.05) is 0 Å². The van der Waals surface area contributed by atoms with Gasteiger partial charge in [0.1, 0.15) is 10.6 Å². The number of anilines is 1. The Morgan fingerprint density at radius 2 is 1.95 bits per heavy atom. The molecule has 0 aliphatic rings. The molecule has 0 atom stereocenters. The molecule has 0 fully saturated rings. The highest BCUT2D eigenvalue weighted by Gasteiger charge is 2.09. The number of nitrogens with one attached hydrogen (secondary N) is 1. The van der Waals surface area contributed by atoms with Crippen LogP contribution in [-0.2, 0) is 4.79 Å². The molecule has 7 heteroatoms. The molecule has 21 heavy (non-hydrogen) atoms. The summed E-state index contributed by atoms with van der Waals surface area (Å²) in [6.07, 6.45) is 0. The van der Waals surface area contributed by atoms with E-state index in [4.69, 9.17) is 9.84 Å². The van der Waals surface area contributed by atoms with Gasteiger partial charge in [0, 0.05) is 4.90 Å². The molecule has 2 rings (SSSR count). The number of carbonyl (C=O) groups excluding carboxylic acids is 1. The number of thiophene rings is 1. The third-order valence-corrected chi connectivity index (χ3v) is 4.51. The number of benzene rings is 1. The lowest BCUT2D eigenvalue weighted by atomic mass is 10.3. The number of hydrogen-bond acceptors (Lipinski definition) is 5. The normalized spacial score (nSPS) is 10.1. The fourth-order valence-electron chi connectivity index (χ4n) is 1.51. The third kappa shape index (κ3) is 4.51. The van der Waals surface area contributed by atoms with Crippen molar-refractivity contribution in [3.8, 4) is 5.75 Å². The second kappa shape index (κ2) is 7.14. The topological polar surface area (TPSA) is 75.6 Å². The standard InChI is InChI=1S/C14H13NO4S2/c1-19-9-2-4-10(5-3-9)20-8-12(16)15-13-7-6-11(21-13)14(17)18/h2-7H,8H2,1H3,(H,15,16)(H,17,18). The Kier molecular flexibility index (Phi) is 5.24. The first-order valence-electron chi connectivity index (χ1n) is 5.98. The van der Waals surface area contributed by atoms with E-state index in [1.807, 2.05) is 24.3 Å². The van der Waals surface area contributed by atoms with Crippen molar-refractivity contribution in [2.24, 2.45) is 0 Å². The van der Waals surface area contributed by atoms with Gasteiger partial charge in [-0.15, -0.1) is 23.1 Å². The van der Waals surface area contributed by atoms with Crippen LogP contribution in [0.3, 0.4) is 0 Å². The fraction of sp³-hybridized carbons (Fsp3) is 0.143. The molecule has 110 valence electrons. The van der Waals surface area contributed by atoms with Gasteiger partial charge in [0.05, 0.1) is 17.9 Å². The zero-order chi connectivity index (χ0) is 15.2. The average molecular weight is 323 g/mol. The predicted octanol–water partition coefficient (Wildman–Crippen LogP) is 3.19. The van der Waals surface area contributed by atoms with Gasteiger partial charge in [0.15, 0.2) is 0 Å². The Hall–Kier alpha value is -1.99. The molecule has 0 saturated carbocycles. The van der Waals surface area contributed by atoms with Crippen molar-refractivity contribution in [3.63, 3.8) is 0 Å². The molecule has 0 radical (unpaired) electrons. The molecule has 1 aromatic heterocycles. The molecule has 1 aromatic carbocycles. The van der Waals surface area contributed by atoms with Crippen LogP contribution in [0, 0.1) is 0 Å². The number of aromatic carboxylic acids is 1. The molecule has 1 heterocycles. The van der Waals surface area contributed by atoms with Crippen molar-refractivity contribution in [1.29, 1.82) is 0 Å². The lowest BCUT2D eigenvalue weighted by Crippen LogP contribution is -2.12. The summed E-state index contributed by atoms with van der Waals surface area (Å²) in [6, 6.07) is 10.5. The first kappa shape index (κ1) is 15.4.